The Bertz CT molecular complexity index is 946. The lowest BCUT2D eigenvalue weighted by Crippen LogP contribution is -2.38. The number of halogens is 3. The second-order valence-corrected chi connectivity index (χ2v) is 8.33. The summed E-state index contributed by atoms with van der Waals surface area (Å²) in [4.78, 5) is 0.878. The van der Waals surface area contributed by atoms with Crippen LogP contribution in [0.4, 0.5) is 24.5 Å². The number of benzene rings is 2. The molecule has 9 heteroatoms. The summed E-state index contributed by atoms with van der Waals surface area (Å²) in [6.07, 6.45) is -2.48. The monoisotopic (exact) mass is 438 g/mol. The van der Waals surface area contributed by atoms with E-state index in [4.69, 9.17) is 4.74 Å². The van der Waals surface area contributed by atoms with Crippen LogP contribution in [0.25, 0.3) is 0 Å². The van der Waals surface area contributed by atoms with E-state index < -0.39 is 22.4 Å². The Morgan fingerprint density at radius 1 is 1.17 bits per heavy atom. The number of hydrazine groups is 2. The van der Waals surface area contributed by atoms with Crippen molar-refractivity contribution in [2.45, 2.75) is 24.9 Å². The largest absolute Gasteiger partial charge is 0.418 e. The third-order valence-corrected chi connectivity index (χ3v) is 6.13. The third-order valence-electron chi connectivity index (χ3n) is 4.46. The molecular weight excluding hydrogens is 413 g/mol. The fourth-order valence-electron chi connectivity index (χ4n) is 2.93. The number of hydrogen-bond donors (Lipinski definition) is 2. The Hall–Kier alpha value is -2.49. The van der Waals surface area contributed by atoms with Gasteiger partial charge in [0, 0.05) is 24.7 Å². The minimum absolute atomic E-state index is 0.0646. The van der Waals surface area contributed by atoms with Crippen molar-refractivity contribution in [2.24, 2.45) is 0 Å². The lowest BCUT2D eigenvalue weighted by atomic mass is 10.2. The molecule has 5 nitrogen and oxygen atoms in total. The second-order valence-electron chi connectivity index (χ2n) is 6.50. The summed E-state index contributed by atoms with van der Waals surface area (Å²) in [5, 5.41) is 5.59. The van der Waals surface area contributed by atoms with Crippen molar-refractivity contribution in [3.8, 4) is 0 Å². The lowest BCUT2D eigenvalue weighted by molar-refractivity contribution is -0.136. The van der Waals surface area contributed by atoms with Gasteiger partial charge in [0.05, 0.1) is 29.2 Å². The van der Waals surface area contributed by atoms with Crippen LogP contribution in [0.2, 0.25) is 0 Å². The number of para-hydroxylation sites is 1. The molecule has 162 valence electrons. The number of nitrogens with one attached hydrogen (secondary N) is 2. The van der Waals surface area contributed by atoms with Crippen LogP contribution in [0.5, 0.6) is 0 Å². The summed E-state index contributed by atoms with van der Waals surface area (Å²) in [6, 6.07) is 13.2. The van der Waals surface area contributed by atoms with Crippen LogP contribution < -0.4 is 15.3 Å². The highest BCUT2D eigenvalue weighted by Gasteiger charge is 2.33. The molecule has 1 heterocycles. The van der Waals surface area contributed by atoms with Gasteiger partial charge in [-0.3, -0.25) is 10.0 Å². The van der Waals surface area contributed by atoms with Crippen molar-refractivity contribution < 1.29 is 17.9 Å². The molecule has 0 saturated heterocycles. The number of ether oxygens (including phenoxy) is 1. The molecule has 1 atom stereocenters. The van der Waals surface area contributed by atoms with E-state index in [0.29, 0.717) is 13.2 Å². The molecule has 2 aromatic carbocycles. The maximum Gasteiger partial charge on any atom is 0.418 e. The highest BCUT2D eigenvalue weighted by Crippen LogP contribution is 2.38. The smallest absolute Gasteiger partial charge is 0.375 e. The molecule has 0 fully saturated rings. The molecule has 0 amide bonds. The van der Waals surface area contributed by atoms with Crippen LogP contribution in [0.3, 0.4) is 0 Å². The number of anilines is 2. The zero-order chi connectivity index (χ0) is 21.7. The number of likely N-dealkylation sites (N-methyl/N-ethyl adjacent to an activating group) is 1. The summed E-state index contributed by atoms with van der Waals surface area (Å²) in [5.74, 6) is 0. The van der Waals surface area contributed by atoms with E-state index in [1.54, 1.807) is 6.07 Å². The van der Waals surface area contributed by atoms with Crippen molar-refractivity contribution in [3.63, 3.8) is 0 Å². The first kappa shape index (κ1) is 22.2. The molecule has 30 heavy (non-hydrogen) atoms. The second kappa shape index (κ2) is 9.55. The lowest BCUT2D eigenvalue weighted by Gasteiger charge is -2.22. The number of alkyl halides is 3. The van der Waals surface area contributed by atoms with Crippen molar-refractivity contribution in [1.29, 1.82) is 0 Å². The molecule has 0 aromatic heterocycles. The summed E-state index contributed by atoms with van der Waals surface area (Å²) >= 11 is 0. The first-order valence-electron chi connectivity index (χ1n) is 9.46. The van der Waals surface area contributed by atoms with E-state index in [-0.39, 0.29) is 5.69 Å². The Morgan fingerprint density at radius 3 is 2.63 bits per heavy atom. The van der Waals surface area contributed by atoms with Crippen LogP contribution >= 0.6 is 10.7 Å². The molecule has 0 spiro atoms. The van der Waals surface area contributed by atoms with Crippen LogP contribution in [0.15, 0.2) is 65.3 Å². The molecule has 1 aliphatic heterocycles. The predicted molar refractivity (Wildman–Crippen MR) is 117 cm³/mol. The van der Waals surface area contributed by atoms with Gasteiger partial charge >= 0.3 is 6.18 Å². The van der Waals surface area contributed by atoms with E-state index in [2.05, 4.69) is 10.3 Å². The van der Waals surface area contributed by atoms with Gasteiger partial charge in [0.2, 0.25) is 0 Å². The third kappa shape index (κ3) is 5.16. The molecule has 1 aliphatic rings. The topological polar surface area (TPSA) is 39.8 Å². The molecule has 0 aliphatic carbocycles. The highest BCUT2D eigenvalue weighted by atomic mass is 32.2. The quantitative estimate of drug-likeness (QED) is 0.579. The standard InChI is InChI=1S/C21H25F3N4OS/c1-4-29-15-17-14-28(26-27(17)3)16-9-8-10-18(13-16)30(5-2)25-20-12-7-6-11-19(20)21(22,23)24/h5-14,25-26H,4,15H2,1-3H3. The summed E-state index contributed by atoms with van der Waals surface area (Å²) < 4.78 is 48.6. The SMILES string of the molecule is C/C=S(/Nc1ccccc1C(F)(F)F)c1cccc(N2C=C(COCC)N(C)N2)c1. The van der Waals surface area contributed by atoms with Gasteiger partial charge in [-0.1, -0.05) is 28.9 Å². The maximum absolute atomic E-state index is 13.4. The van der Waals surface area contributed by atoms with Crippen LogP contribution in [-0.2, 0) is 10.9 Å². The highest BCUT2D eigenvalue weighted by molar-refractivity contribution is 8.16. The van der Waals surface area contributed by atoms with Gasteiger partial charge in [-0.2, -0.15) is 13.2 Å². The van der Waals surface area contributed by atoms with Gasteiger partial charge in [0.25, 0.3) is 0 Å². The van der Waals surface area contributed by atoms with E-state index in [1.165, 1.54) is 12.1 Å². The molecule has 0 radical (unpaired) electrons. The van der Waals surface area contributed by atoms with Crippen LogP contribution in [0.1, 0.15) is 19.4 Å². The van der Waals surface area contributed by atoms with Crippen molar-refractivity contribution in [1.82, 2.24) is 10.5 Å². The van der Waals surface area contributed by atoms with Gasteiger partial charge in [-0.25, -0.2) is 0 Å². The minimum atomic E-state index is -4.42. The molecule has 3 rings (SSSR count). The van der Waals surface area contributed by atoms with Crippen molar-refractivity contribution in [3.05, 3.63) is 66.0 Å². The van der Waals surface area contributed by atoms with Gasteiger partial charge in [0.1, 0.15) is 0 Å². The average molecular weight is 439 g/mol. The van der Waals surface area contributed by atoms with Gasteiger partial charge in [-0.05, 0) is 49.5 Å². The predicted octanol–water partition coefficient (Wildman–Crippen LogP) is 5.23. The summed E-state index contributed by atoms with van der Waals surface area (Å²) in [7, 11) is 1.19. The summed E-state index contributed by atoms with van der Waals surface area (Å²) in [6.45, 7) is 4.89. The normalized spacial score (nSPS) is 15.5. The molecule has 0 bridgehead atoms. The molecule has 1 unspecified atom stereocenters. The van der Waals surface area contributed by atoms with E-state index in [1.807, 2.05) is 66.7 Å². The zero-order valence-corrected chi connectivity index (χ0v) is 17.8. The maximum atomic E-state index is 13.4. The first-order chi connectivity index (χ1) is 14.3. The fraction of sp³-hybridized carbons (Fsp3) is 0.286. The van der Waals surface area contributed by atoms with E-state index >= 15 is 0 Å². The Morgan fingerprint density at radius 2 is 1.93 bits per heavy atom. The van der Waals surface area contributed by atoms with Gasteiger partial charge < -0.3 is 9.46 Å². The Labute approximate surface area is 177 Å². The van der Waals surface area contributed by atoms with Crippen molar-refractivity contribution >= 4 is 27.4 Å². The van der Waals surface area contributed by atoms with Gasteiger partial charge in [0.15, 0.2) is 0 Å². The zero-order valence-electron chi connectivity index (χ0n) is 17.0. The van der Waals surface area contributed by atoms with Crippen molar-refractivity contribution in [2.75, 3.05) is 30.0 Å². The minimum Gasteiger partial charge on any atom is -0.375 e. The summed E-state index contributed by atoms with van der Waals surface area (Å²) in [5.41, 5.74) is 4.44. The van der Waals surface area contributed by atoms with E-state index in [9.17, 15) is 13.2 Å². The first-order valence-corrected chi connectivity index (χ1v) is 10.8. The Balaban J connectivity index is 1.84. The van der Waals surface area contributed by atoms with Crippen LogP contribution in [0, 0.1) is 0 Å². The number of rotatable bonds is 7. The number of nitrogens with zero attached hydrogens (tertiary/aromatic N) is 2. The molecular formula is C21H25F3N4OS. The van der Waals surface area contributed by atoms with Crippen LogP contribution in [-0.4, -0.2) is 30.6 Å². The molecule has 2 N–H and O–H groups in total. The molecule has 2 aromatic rings. The van der Waals surface area contributed by atoms with E-state index in [0.717, 1.165) is 22.3 Å². The number of hydrogen-bond acceptors (Lipinski definition) is 5. The van der Waals surface area contributed by atoms with Gasteiger partial charge in [-0.15, -0.1) is 5.53 Å². The Kier molecular flexibility index (Phi) is 7.06. The fourth-order valence-corrected chi connectivity index (χ4v) is 4.32. The molecule has 0 saturated carbocycles. The average Bonchev–Trinajstić information content (AvgIpc) is 3.10.